The Bertz CT molecular complexity index is 844. The number of aliphatic hydroxyl groups excluding tert-OH is 1. The average Bonchev–Trinajstić information content (AvgIpc) is 3.07. The number of amides is 1. The fraction of sp³-hybridized carbons (Fsp3) is 0.294. The van der Waals surface area contributed by atoms with Crippen molar-refractivity contribution in [2.45, 2.75) is 20.0 Å². The number of fused-ring (bicyclic) bond motifs is 1. The molecule has 0 bridgehead atoms. The van der Waals surface area contributed by atoms with Gasteiger partial charge in [-0.2, -0.15) is 0 Å². The van der Waals surface area contributed by atoms with Gasteiger partial charge in [0.1, 0.15) is 11.3 Å². The van der Waals surface area contributed by atoms with Crippen LogP contribution >= 0.6 is 0 Å². The molecule has 2 heterocycles. The van der Waals surface area contributed by atoms with E-state index >= 15 is 0 Å². The third-order valence-corrected chi connectivity index (χ3v) is 4.01. The van der Waals surface area contributed by atoms with Crippen LogP contribution in [-0.2, 0) is 7.05 Å². The lowest BCUT2D eigenvalue weighted by atomic mass is 10.1. The first-order valence-corrected chi connectivity index (χ1v) is 7.41. The van der Waals surface area contributed by atoms with Crippen molar-refractivity contribution < 1.29 is 14.4 Å². The number of nitrogens with one attached hydrogen (secondary N) is 1. The molecule has 0 saturated heterocycles. The van der Waals surface area contributed by atoms with Crippen LogP contribution in [-0.4, -0.2) is 27.3 Å². The van der Waals surface area contributed by atoms with E-state index in [0.29, 0.717) is 17.0 Å². The van der Waals surface area contributed by atoms with Crippen molar-refractivity contribution in [1.29, 1.82) is 0 Å². The second-order valence-corrected chi connectivity index (χ2v) is 5.67. The van der Waals surface area contributed by atoms with Gasteiger partial charge < -0.3 is 19.5 Å². The zero-order valence-electron chi connectivity index (χ0n) is 13.3. The van der Waals surface area contributed by atoms with Crippen molar-refractivity contribution in [3.05, 3.63) is 53.0 Å². The van der Waals surface area contributed by atoms with Crippen LogP contribution in [0.2, 0.25) is 0 Å². The molecular weight excluding hydrogens is 294 g/mol. The van der Waals surface area contributed by atoms with Gasteiger partial charge in [-0.05, 0) is 43.0 Å². The Balaban J connectivity index is 1.71. The summed E-state index contributed by atoms with van der Waals surface area (Å²) in [5.41, 5.74) is 2.83. The van der Waals surface area contributed by atoms with E-state index in [1.165, 1.54) is 0 Å². The van der Waals surface area contributed by atoms with E-state index in [-0.39, 0.29) is 12.5 Å². The van der Waals surface area contributed by atoms with E-state index in [4.69, 9.17) is 4.52 Å². The first-order valence-electron chi connectivity index (χ1n) is 7.41. The average molecular weight is 313 g/mol. The minimum absolute atomic E-state index is 0.126. The van der Waals surface area contributed by atoms with Crippen molar-refractivity contribution >= 4 is 16.8 Å². The molecule has 0 fully saturated rings. The molecule has 0 radical (unpaired) electrons. The second-order valence-electron chi connectivity index (χ2n) is 5.67. The summed E-state index contributed by atoms with van der Waals surface area (Å²) in [4.78, 5) is 12.2. The van der Waals surface area contributed by atoms with Gasteiger partial charge in [0.25, 0.3) is 5.91 Å². The Labute approximate surface area is 133 Å². The molecule has 0 aliphatic rings. The zero-order chi connectivity index (χ0) is 16.6. The Morgan fingerprint density at radius 3 is 2.87 bits per heavy atom. The monoisotopic (exact) mass is 313 g/mol. The molecule has 0 aliphatic carbocycles. The van der Waals surface area contributed by atoms with Crippen LogP contribution in [0.4, 0.5) is 0 Å². The Morgan fingerprint density at radius 1 is 1.39 bits per heavy atom. The quantitative estimate of drug-likeness (QED) is 0.774. The minimum Gasteiger partial charge on any atom is -0.387 e. The van der Waals surface area contributed by atoms with E-state index in [2.05, 4.69) is 10.5 Å². The van der Waals surface area contributed by atoms with Gasteiger partial charge in [-0.3, -0.25) is 4.79 Å². The second kappa shape index (κ2) is 5.89. The van der Waals surface area contributed by atoms with Crippen molar-refractivity contribution in [1.82, 2.24) is 15.0 Å². The first-order chi connectivity index (χ1) is 11.0. The van der Waals surface area contributed by atoms with Gasteiger partial charge in [-0.15, -0.1) is 0 Å². The number of benzene rings is 1. The van der Waals surface area contributed by atoms with E-state index < -0.39 is 6.10 Å². The van der Waals surface area contributed by atoms with Crippen molar-refractivity contribution in [3.63, 3.8) is 0 Å². The van der Waals surface area contributed by atoms with Crippen molar-refractivity contribution in [2.24, 2.45) is 7.05 Å². The molecule has 6 heteroatoms. The molecule has 1 aromatic carbocycles. The van der Waals surface area contributed by atoms with Crippen molar-refractivity contribution in [2.75, 3.05) is 6.54 Å². The predicted molar refractivity (Wildman–Crippen MR) is 86.2 cm³/mol. The maximum atomic E-state index is 12.2. The normalized spacial score (nSPS) is 12.5. The number of aryl methyl sites for hydroxylation is 3. The standard InChI is InChI=1S/C17H19N3O3/c1-10-16(11(2)23-19-10)17(22)18-9-15(21)13-4-5-14-12(8-13)6-7-20(14)3/h4-8,15,21H,9H2,1-3H3,(H,18,22). The maximum Gasteiger partial charge on any atom is 0.256 e. The summed E-state index contributed by atoms with van der Waals surface area (Å²) in [7, 11) is 1.97. The predicted octanol–water partition coefficient (Wildman–Crippen LogP) is 2.25. The molecule has 6 nitrogen and oxygen atoms in total. The number of rotatable bonds is 4. The van der Waals surface area contributed by atoms with Gasteiger partial charge in [0.05, 0.1) is 11.8 Å². The van der Waals surface area contributed by atoms with Crippen LogP contribution in [0.5, 0.6) is 0 Å². The molecular formula is C17H19N3O3. The SMILES string of the molecule is Cc1noc(C)c1C(=O)NCC(O)c1ccc2c(ccn2C)c1. The molecule has 120 valence electrons. The highest BCUT2D eigenvalue weighted by atomic mass is 16.5. The number of carbonyl (C=O) groups is 1. The number of hydrogen-bond acceptors (Lipinski definition) is 4. The Morgan fingerprint density at radius 2 is 2.17 bits per heavy atom. The third kappa shape index (κ3) is 2.85. The van der Waals surface area contributed by atoms with Gasteiger partial charge in [0, 0.05) is 25.3 Å². The van der Waals surface area contributed by atoms with Crippen LogP contribution in [0.1, 0.15) is 33.5 Å². The lowest BCUT2D eigenvalue weighted by molar-refractivity contribution is 0.0914. The molecule has 23 heavy (non-hydrogen) atoms. The number of carbonyl (C=O) groups excluding carboxylic acids is 1. The summed E-state index contributed by atoms with van der Waals surface area (Å²) in [5, 5.41) is 17.9. The molecule has 0 spiro atoms. The van der Waals surface area contributed by atoms with E-state index in [1.807, 2.05) is 42.1 Å². The highest BCUT2D eigenvalue weighted by Crippen LogP contribution is 2.21. The van der Waals surface area contributed by atoms with E-state index in [1.54, 1.807) is 13.8 Å². The number of nitrogens with zero attached hydrogens (tertiary/aromatic N) is 2. The topological polar surface area (TPSA) is 80.3 Å². The van der Waals surface area contributed by atoms with Crippen LogP contribution in [0.15, 0.2) is 35.0 Å². The molecule has 3 aromatic rings. The molecule has 2 N–H and O–H groups in total. The molecule has 1 atom stereocenters. The Kier molecular flexibility index (Phi) is 3.92. The van der Waals surface area contributed by atoms with Crippen molar-refractivity contribution in [3.8, 4) is 0 Å². The summed E-state index contributed by atoms with van der Waals surface area (Å²) in [6, 6.07) is 7.76. The number of hydrogen-bond donors (Lipinski definition) is 2. The highest BCUT2D eigenvalue weighted by Gasteiger charge is 2.18. The number of aromatic nitrogens is 2. The highest BCUT2D eigenvalue weighted by molar-refractivity contribution is 5.96. The molecule has 0 saturated carbocycles. The van der Waals surface area contributed by atoms with Crippen LogP contribution in [0.3, 0.4) is 0 Å². The molecule has 2 aromatic heterocycles. The summed E-state index contributed by atoms with van der Waals surface area (Å²) in [6.45, 7) is 3.53. The minimum atomic E-state index is -0.774. The smallest absolute Gasteiger partial charge is 0.256 e. The fourth-order valence-electron chi connectivity index (χ4n) is 2.71. The van der Waals surface area contributed by atoms with Crippen LogP contribution in [0.25, 0.3) is 10.9 Å². The fourth-order valence-corrected chi connectivity index (χ4v) is 2.71. The van der Waals surface area contributed by atoms with Gasteiger partial charge >= 0.3 is 0 Å². The molecule has 1 unspecified atom stereocenters. The lowest BCUT2D eigenvalue weighted by Gasteiger charge is -2.12. The van der Waals surface area contributed by atoms with Crippen LogP contribution < -0.4 is 5.32 Å². The molecule has 1 amide bonds. The largest absolute Gasteiger partial charge is 0.387 e. The Hall–Kier alpha value is -2.60. The van der Waals surface area contributed by atoms with Gasteiger partial charge in [0.15, 0.2) is 0 Å². The molecule has 0 aliphatic heterocycles. The summed E-state index contributed by atoms with van der Waals surface area (Å²) >= 11 is 0. The molecule has 3 rings (SSSR count). The van der Waals surface area contributed by atoms with Crippen LogP contribution in [0, 0.1) is 13.8 Å². The van der Waals surface area contributed by atoms with E-state index in [0.717, 1.165) is 16.5 Å². The maximum absolute atomic E-state index is 12.2. The van der Waals surface area contributed by atoms with Gasteiger partial charge in [0.2, 0.25) is 0 Å². The first kappa shape index (κ1) is 15.3. The summed E-state index contributed by atoms with van der Waals surface area (Å²) in [6.07, 6.45) is 1.20. The summed E-state index contributed by atoms with van der Waals surface area (Å²) < 4.78 is 7.00. The van der Waals surface area contributed by atoms with E-state index in [9.17, 15) is 9.90 Å². The lowest BCUT2D eigenvalue weighted by Crippen LogP contribution is -2.29. The number of aliphatic hydroxyl groups is 1. The van der Waals surface area contributed by atoms with Gasteiger partial charge in [-0.1, -0.05) is 11.2 Å². The summed E-state index contributed by atoms with van der Waals surface area (Å²) in [5.74, 6) is 0.182. The third-order valence-electron chi connectivity index (χ3n) is 4.01. The zero-order valence-corrected chi connectivity index (χ0v) is 13.3. The van der Waals surface area contributed by atoms with Gasteiger partial charge in [-0.25, -0.2) is 0 Å².